The van der Waals surface area contributed by atoms with Crippen LogP contribution in [0.3, 0.4) is 0 Å². The second-order valence-electron chi connectivity index (χ2n) is 15.5. The number of aliphatic hydroxyl groups is 5. The molecule has 2 fully saturated rings. The summed E-state index contributed by atoms with van der Waals surface area (Å²) in [4.78, 5) is 17.3. The molecule has 0 spiro atoms. The molecule has 6 N–H and O–H groups in total. The standard InChI is InChI=1S/C37H63N3O9S/c1-11-28-37(8,46)31(43)25(6)40(35(50)38-19-26-15-13-12-14-16-26)20-21(2)18-36(7,45)32(23(4)29(41)24(5)33(44)48-28)49-34-30(42)27(39(9)10)17-22(3)47-34/h12-16,21-25,27-32,34,41-43,45-46H,11,17-20H2,1-10H3,(H,38,50)/t21-,22-,23+,24-,25-,27+,28-,29+,30-,31-,32-,34+,36?,37-/m1/s1. The lowest BCUT2D eigenvalue weighted by atomic mass is 9.78. The minimum absolute atomic E-state index is 0.150. The van der Waals surface area contributed by atoms with Gasteiger partial charge in [-0.25, -0.2) is 0 Å². The minimum Gasteiger partial charge on any atom is -0.459 e. The Balaban J connectivity index is 2.05. The Labute approximate surface area is 304 Å². The van der Waals surface area contributed by atoms with Crippen LogP contribution in [-0.4, -0.2) is 133 Å². The molecule has 0 aliphatic carbocycles. The summed E-state index contributed by atoms with van der Waals surface area (Å²) in [6, 6.07) is 8.70. The number of benzene rings is 1. The van der Waals surface area contributed by atoms with Crippen molar-refractivity contribution in [3.63, 3.8) is 0 Å². The normalized spacial score (nSPS) is 41.2. The molecule has 12 nitrogen and oxygen atoms in total. The topological polar surface area (TPSA) is 164 Å². The maximum Gasteiger partial charge on any atom is 0.311 e. The molecule has 14 atom stereocenters. The van der Waals surface area contributed by atoms with E-state index in [0.29, 0.717) is 18.1 Å². The zero-order chi connectivity index (χ0) is 37.7. The third-order valence-corrected chi connectivity index (χ3v) is 11.1. The average Bonchev–Trinajstić information content (AvgIpc) is 3.06. The Hall–Kier alpha value is -1.94. The van der Waals surface area contributed by atoms with Gasteiger partial charge in [0, 0.05) is 25.0 Å². The number of carbonyl (C=O) groups is 1. The maximum absolute atomic E-state index is 13.6. The van der Waals surface area contributed by atoms with E-state index in [2.05, 4.69) is 5.32 Å². The Morgan fingerprint density at radius 3 is 2.26 bits per heavy atom. The van der Waals surface area contributed by atoms with E-state index < -0.39 is 71.9 Å². The van der Waals surface area contributed by atoms with E-state index in [1.54, 1.807) is 32.6 Å². The number of nitrogens with one attached hydrogen (secondary N) is 1. The highest BCUT2D eigenvalue weighted by atomic mass is 32.1. The lowest BCUT2D eigenvalue weighted by molar-refractivity contribution is -0.299. The van der Waals surface area contributed by atoms with Crippen LogP contribution in [0.2, 0.25) is 0 Å². The van der Waals surface area contributed by atoms with Crippen LogP contribution in [0.15, 0.2) is 30.3 Å². The number of ether oxygens (including phenoxy) is 3. The molecule has 1 aromatic carbocycles. The van der Waals surface area contributed by atoms with E-state index in [4.69, 9.17) is 26.4 Å². The minimum atomic E-state index is -1.89. The SMILES string of the molecule is CC[C@H]1OC(=O)[C@H](C)[C@@H](O)[C@H](C)[C@@H](O[C@@H]2O[C@H](C)C[C@H](N(C)C)[C@H]2O)C(C)(O)C[C@@H](C)CN(C(=S)NCc2ccccc2)[C@H](C)[C@@H](O)[C@]1(C)O. The van der Waals surface area contributed by atoms with Gasteiger partial charge in [-0.05, 0) is 91.7 Å². The van der Waals surface area contributed by atoms with Crippen LogP contribution in [0.5, 0.6) is 0 Å². The van der Waals surface area contributed by atoms with Gasteiger partial charge in [-0.3, -0.25) is 4.79 Å². The van der Waals surface area contributed by atoms with Gasteiger partial charge in [0.05, 0.1) is 35.9 Å². The summed E-state index contributed by atoms with van der Waals surface area (Å²) in [5, 5.41) is 62.3. The highest BCUT2D eigenvalue weighted by molar-refractivity contribution is 7.80. The first kappa shape index (κ1) is 42.5. The van der Waals surface area contributed by atoms with E-state index in [-0.39, 0.29) is 37.5 Å². The van der Waals surface area contributed by atoms with Crippen molar-refractivity contribution in [2.45, 2.75) is 147 Å². The second-order valence-corrected chi connectivity index (χ2v) is 15.9. The summed E-state index contributed by atoms with van der Waals surface area (Å²) in [7, 11) is 3.74. The van der Waals surface area contributed by atoms with Gasteiger partial charge in [-0.15, -0.1) is 0 Å². The fourth-order valence-electron chi connectivity index (χ4n) is 7.65. The predicted octanol–water partition coefficient (Wildman–Crippen LogP) is 2.42. The molecule has 3 rings (SSSR count). The van der Waals surface area contributed by atoms with Crippen molar-refractivity contribution in [2.75, 3.05) is 20.6 Å². The number of hydrogen-bond donors (Lipinski definition) is 6. The first-order chi connectivity index (χ1) is 23.2. The number of thiocarbonyl (C=S) groups is 1. The van der Waals surface area contributed by atoms with Gasteiger partial charge in [0.1, 0.15) is 23.9 Å². The largest absolute Gasteiger partial charge is 0.459 e. The number of nitrogens with zero attached hydrogens (tertiary/aromatic N) is 2. The number of likely N-dealkylation sites (N-methyl/N-ethyl adjacent to an activating group) is 1. The molecule has 50 heavy (non-hydrogen) atoms. The van der Waals surface area contributed by atoms with Crippen molar-refractivity contribution in [3.05, 3.63) is 35.9 Å². The Bertz CT molecular complexity index is 1240. The number of hydrogen-bond acceptors (Lipinski definition) is 11. The maximum atomic E-state index is 13.6. The highest BCUT2D eigenvalue weighted by Crippen LogP contribution is 2.36. The molecule has 0 aromatic heterocycles. The van der Waals surface area contributed by atoms with Crippen LogP contribution in [0, 0.1) is 17.8 Å². The molecule has 0 saturated carbocycles. The molecule has 0 radical (unpaired) electrons. The highest BCUT2D eigenvalue weighted by Gasteiger charge is 2.50. The quantitative estimate of drug-likeness (QED) is 0.187. The first-order valence-electron chi connectivity index (χ1n) is 18.0. The van der Waals surface area contributed by atoms with Crippen LogP contribution >= 0.6 is 12.2 Å². The third kappa shape index (κ3) is 10.1. The van der Waals surface area contributed by atoms with Gasteiger partial charge in [-0.1, -0.05) is 51.1 Å². The van der Waals surface area contributed by atoms with Crippen molar-refractivity contribution < 1.29 is 44.5 Å². The predicted molar refractivity (Wildman–Crippen MR) is 195 cm³/mol. The lowest BCUT2D eigenvalue weighted by Crippen LogP contribution is -2.61. The van der Waals surface area contributed by atoms with Gasteiger partial charge < -0.3 is 54.9 Å². The Kier molecular flexibility index (Phi) is 15.1. The fourth-order valence-corrected chi connectivity index (χ4v) is 7.97. The Morgan fingerprint density at radius 1 is 1.06 bits per heavy atom. The summed E-state index contributed by atoms with van der Waals surface area (Å²) in [6.45, 7) is 14.3. The molecule has 2 aliphatic heterocycles. The second kappa shape index (κ2) is 17.7. The van der Waals surface area contributed by atoms with Crippen molar-refractivity contribution in [1.82, 2.24) is 15.1 Å². The van der Waals surface area contributed by atoms with Crippen LogP contribution < -0.4 is 5.32 Å². The molecule has 0 bridgehead atoms. The van der Waals surface area contributed by atoms with Crippen LogP contribution in [0.25, 0.3) is 0 Å². The van der Waals surface area contributed by atoms with Crippen LogP contribution in [0.4, 0.5) is 0 Å². The molecule has 286 valence electrons. The van der Waals surface area contributed by atoms with E-state index >= 15 is 0 Å². The lowest BCUT2D eigenvalue weighted by Gasteiger charge is -2.47. The third-order valence-electron chi connectivity index (χ3n) is 10.7. The summed E-state index contributed by atoms with van der Waals surface area (Å²) < 4.78 is 18.4. The van der Waals surface area contributed by atoms with E-state index in [1.807, 2.05) is 63.2 Å². The summed E-state index contributed by atoms with van der Waals surface area (Å²) >= 11 is 5.88. The molecular formula is C37H63N3O9S. The van der Waals surface area contributed by atoms with E-state index in [9.17, 15) is 30.3 Å². The molecule has 13 heteroatoms. The van der Waals surface area contributed by atoms with Crippen molar-refractivity contribution in [3.8, 4) is 0 Å². The molecule has 2 aliphatic rings. The van der Waals surface area contributed by atoms with Crippen molar-refractivity contribution in [2.24, 2.45) is 17.8 Å². The zero-order valence-electron chi connectivity index (χ0n) is 31.5. The van der Waals surface area contributed by atoms with Gasteiger partial charge in [0.15, 0.2) is 11.4 Å². The average molecular weight is 726 g/mol. The number of esters is 1. The summed E-state index contributed by atoms with van der Waals surface area (Å²) in [5.41, 5.74) is -2.49. The summed E-state index contributed by atoms with van der Waals surface area (Å²) in [6.07, 6.45) is -6.46. The van der Waals surface area contributed by atoms with Crippen molar-refractivity contribution >= 4 is 23.3 Å². The van der Waals surface area contributed by atoms with Gasteiger partial charge in [0.2, 0.25) is 0 Å². The van der Waals surface area contributed by atoms with Gasteiger partial charge >= 0.3 is 5.97 Å². The zero-order valence-corrected chi connectivity index (χ0v) is 32.3. The number of rotatable bonds is 6. The molecule has 2 saturated heterocycles. The van der Waals surface area contributed by atoms with Crippen LogP contribution in [-0.2, 0) is 25.5 Å². The molecule has 1 unspecified atom stereocenters. The first-order valence-corrected chi connectivity index (χ1v) is 18.4. The van der Waals surface area contributed by atoms with Crippen LogP contribution in [0.1, 0.15) is 80.2 Å². The molecule has 1 aromatic rings. The number of aliphatic hydroxyl groups excluding tert-OH is 3. The van der Waals surface area contributed by atoms with E-state index in [1.165, 1.54) is 13.8 Å². The number of carbonyl (C=O) groups excluding carboxylic acids is 1. The van der Waals surface area contributed by atoms with Gasteiger partial charge in [-0.2, -0.15) is 0 Å². The molecule has 2 heterocycles. The molecular weight excluding hydrogens is 662 g/mol. The number of cyclic esters (lactones) is 1. The Morgan fingerprint density at radius 2 is 1.68 bits per heavy atom. The fraction of sp³-hybridized carbons (Fsp3) is 0.784. The summed E-state index contributed by atoms with van der Waals surface area (Å²) in [5.74, 6) is -2.98. The monoisotopic (exact) mass is 725 g/mol. The van der Waals surface area contributed by atoms with Gasteiger partial charge in [0.25, 0.3) is 0 Å². The van der Waals surface area contributed by atoms with Crippen molar-refractivity contribution in [1.29, 1.82) is 0 Å². The smallest absolute Gasteiger partial charge is 0.311 e. The van der Waals surface area contributed by atoms with E-state index in [0.717, 1.165) is 5.56 Å². The molecule has 0 amide bonds.